The maximum absolute atomic E-state index is 12.2. The van der Waals surface area contributed by atoms with Crippen molar-refractivity contribution in [2.24, 2.45) is 0 Å². The Balaban J connectivity index is 1.75. The molecule has 2 N–H and O–H groups in total. The van der Waals surface area contributed by atoms with Crippen molar-refractivity contribution in [3.05, 3.63) is 30.3 Å². The fourth-order valence-electron chi connectivity index (χ4n) is 2.53. The first-order chi connectivity index (χ1) is 11.5. The highest BCUT2D eigenvalue weighted by atomic mass is 16.2. The van der Waals surface area contributed by atoms with Crippen LogP contribution in [-0.2, 0) is 14.4 Å². The number of hydrogen-bond acceptors (Lipinski definition) is 4. The van der Waals surface area contributed by atoms with E-state index in [1.165, 1.54) is 0 Å². The number of hydrogen-bond donors (Lipinski definition) is 2. The summed E-state index contributed by atoms with van der Waals surface area (Å²) in [4.78, 5) is 39.2. The van der Waals surface area contributed by atoms with Crippen LogP contribution in [-0.4, -0.2) is 61.4 Å². The van der Waals surface area contributed by atoms with Gasteiger partial charge in [0.15, 0.2) is 0 Å². The number of anilines is 1. The third-order valence-electron chi connectivity index (χ3n) is 3.78. The summed E-state index contributed by atoms with van der Waals surface area (Å²) in [5.41, 5.74) is 1.14. The number of piperazine rings is 1. The van der Waals surface area contributed by atoms with Gasteiger partial charge in [-0.05, 0) is 26.0 Å². The lowest BCUT2D eigenvalue weighted by Gasteiger charge is -2.36. The average Bonchev–Trinajstić information content (AvgIpc) is 2.59. The van der Waals surface area contributed by atoms with Crippen molar-refractivity contribution >= 4 is 23.4 Å². The third kappa shape index (κ3) is 4.97. The molecule has 1 heterocycles. The van der Waals surface area contributed by atoms with Crippen LogP contribution in [0.1, 0.15) is 13.8 Å². The van der Waals surface area contributed by atoms with E-state index in [9.17, 15) is 14.4 Å². The van der Waals surface area contributed by atoms with Gasteiger partial charge >= 0.3 is 11.8 Å². The Morgan fingerprint density at radius 1 is 1.00 bits per heavy atom. The quantitative estimate of drug-likeness (QED) is 0.759. The number of nitrogens with zero attached hydrogens (tertiary/aromatic N) is 2. The van der Waals surface area contributed by atoms with Crippen molar-refractivity contribution in [3.8, 4) is 0 Å². The fourth-order valence-corrected chi connectivity index (χ4v) is 2.53. The molecule has 1 aromatic rings. The first kappa shape index (κ1) is 17.8. The molecule has 0 bridgehead atoms. The molecule has 7 nitrogen and oxygen atoms in total. The predicted molar refractivity (Wildman–Crippen MR) is 91.5 cm³/mol. The van der Waals surface area contributed by atoms with Crippen LogP contribution in [0.3, 0.4) is 0 Å². The largest absolute Gasteiger partial charge is 0.368 e. The van der Waals surface area contributed by atoms with Gasteiger partial charge in [0.1, 0.15) is 0 Å². The van der Waals surface area contributed by atoms with Crippen LogP contribution in [0.5, 0.6) is 0 Å². The highest BCUT2D eigenvalue weighted by Gasteiger charge is 2.22. The molecule has 0 aliphatic carbocycles. The number of nitrogens with one attached hydrogen (secondary N) is 2. The Morgan fingerprint density at radius 3 is 2.21 bits per heavy atom. The molecule has 1 fully saturated rings. The summed E-state index contributed by atoms with van der Waals surface area (Å²) >= 11 is 0. The van der Waals surface area contributed by atoms with Crippen molar-refractivity contribution < 1.29 is 14.4 Å². The molecule has 0 radical (unpaired) electrons. The molecule has 1 aromatic carbocycles. The molecule has 2 rings (SSSR count). The molecular formula is C17H24N4O3. The van der Waals surface area contributed by atoms with E-state index < -0.39 is 11.8 Å². The smallest absolute Gasteiger partial charge is 0.309 e. The molecule has 0 unspecified atom stereocenters. The van der Waals surface area contributed by atoms with Gasteiger partial charge in [-0.3, -0.25) is 14.4 Å². The number of benzene rings is 1. The summed E-state index contributed by atoms with van der Waals surface area (Å²) in [6.45, 7) is 6.07. The van der Waals surface area contributed by atoms with Gasteiger partial charge in [-0.15, -0.1) is 0 Å². The number of carbonyl (C=O) groups is 3. The molecule has 130 valence electrons. The second-order valence-corrected chi connectivity index (χ2v) is 6.01. The number of carbonyl (C=O) groups excluding carboxylic acids is 3. The minimum atomic E-state index is -0.778. The van der Waals surface area contributed by atoms with Gasteiger partial charge in [0.2, 0.25) is 5.91 Å². The summed E-state index contributed by atoms with van der Waals surface area (Å²) in [6.07, 6.45) is 0. The number of amides is 3. The second-order valence-electron chi connectivity index (χ2n) is 6.01. The van der Waals surface area contributed by atoms with E-state index >= 15 is 0 Å². The van der Waals surface area contributed by atoms with E-state index in [0.717, 1.165) is 18.8 Å². The van der Waals surface area contributed by atoms with Crippen molar-refractivity contribution in [1.82, 2.24) is 15.5 Å². The first-order valence-corrected chi connectivity index (χ1v) is 8.14. The Bertz CT molecular complexity index is 581. The number of rotatable bonds is 4. The lowest BCUT2D eigenvalue weighted by Crippen LogP contribution is -2.52. The summed E-state index contributed by atoms with van der Waals surface area (Å²) in [6, 6.07) is 9.93. The van der Waals surface area contributed by atoms with Crippen LogP contribution in [0, 0.1) is 0 Å². The number of para-hydroxylation sites is 1. The molecular weight excluding hydrogens is 308 g/mol. The van der Waals surface area contributed by atoms with Crippen LogP contribution in [0.2, 0.25) is 0 Å². The van der Waals surface area contributed by atoms with E-state index in [1.54, 1.807) is 18.7 Å². The monoisotopic (exact) mass is 332 g/mol. The van der Waals surface area contributed by atoms with Crippen LogP contribution in [0.15, 0.2) is 30.3 Å². The second kappa shape index (κ2) is 8.33. The predicted octanol–water partition coefficient (Wildman–Crippen LogP) is -0.0240. The van der Waals surface area contributed by atoms with Gasteiger partial charge in [-0.1, -0.05) is 18.2 Å². The maximum atomic E-state index is 12.2. The SMILES string of the molecule is CC(C)NC(=O)C(=O)NCC(=O)N1CCN(c2ccccc2)CC1. The van der Waals surface area contributed by atoms with E-state index in [1.807, 2.05) is 30.3 Å². The highest BCUT2D eigenvalue weighted by Crippen LogP contribution is 2.15. The molecule has 3 amide bonds. The van der Waals surface area contributed by atoms with Crippen molar-refractivity contribution in [1.29, 1.82) is 0 Å². The van der Waals surface area contributed by atoms with Crippen molar-refractivity contribution in [2.45, 2.75) is 19.9 Å². The zero-order valence-electron chi connectivity index (χ0n) is 14.1. The Kier molecular flexibility index (Phi) is 6.17. The zero-order valence-corrected chi connectivity index (χ0v) is 14.1. The zero-order chi connectivity index (χ0) is 17.5. The van der Waals surface area contributed by atoms with E-state index in [0.29, 0.717) is 13.1 Å². The standard InChI is InChI=1S/C17H24N4O3/c1-13(2)19-17(24)16(23)18-12-15(22)21-10-8-20(9-11-21)14-6-4-3-5-7-14/h3-7,13H,8-12H2,1-2H3,(H,18,23)(H,19,24). The van der Waals surface area contributed by atoms with Crippen molar-refractivity contribution in [2.75, 3.05) is 37.6 Å². The van der Waals surface area contributed by atoms with Gasteiger partial charge < -0.3 is 20.4 Å². The lowest BCUT2D eigenvalue weighted by molar-refractivity contribution is -0.140. The molecule has 0 saturated carbocycles. The van der Waals surface area contributed by atoms with Crippen LogP contribution in [0.25, 0.3) is 0 Å². The van der Waals surface area contributed by atoms with Crippen LogP contribution >= 0.6 is 0 Å². The van der Waals surface area contributed by atoms with Crippen LogP contribution < -0.4 is 15.5 Å². The van der Waals surface area contributed by atoms with Gasteiger partial charge in [0.05, 0.1) is 6.54 Å². The Morgan fingerprint density at radius 2 is 1.62 bits per heavy atom. The molecule has 1 aliphatic heterocycles. The van der Waals surface area contributed by atoms with Crippen LogP contribution in [0.4, 0.5) is 5.69 Å². The Hall–Kier alpha value is -2.57. The van der Waals surface area contributed by atoms with Crippen molar-refractivity contribution in [3.63, 3.8) is 0 Å². The average molecular weight is 332 g/mol. The Labute approximate surface area is 142 Å². The molecule has 0 aromatic heterocycles. The molecule has 0 spiro atoms. The van der Waals surface area contributed by atoms with Gasteiger partial charge in [-0.25, -0.2) is 0 Å². The first-order valence-electron chi connectivity index (χ1n) is 8.14. The lowest BCUT2D eigenvalue weighted by atomic mass is 10.2. The summed E-state index contributed by atoms with van der Waals surface area (Å²) in [5.74, 6) is -1.67. The van der Waals surface area contributed by atoms with Gasteiger partial charge in [0, 0.05) is 37.9 Å². The third-order valence-corrected chi connectivity index (χ3v) is 3.78. The molecule has 7 heteroatoms. The van der Waals surface area contributed by atoms with E-state index in [2.05, 4.69) is 15.5 Å². The fraction of sp³-hybridized carbons (Fsp3) is 0.471. The van der Waals surface area contributed by atoms with E-state index in [4.69, 9.17) is 0 Å². The summed E-state index contributed by atoms with van der Waals surface area (Å²) < 4.78 is 0. The molecule has 1 aliphatic rings. The topological polar surface area (TPSA) is 81.8 Å². The molecule has 24 heavy (non-hydrogen) atoms. The van der Waals surface area contributed by atoms with Gasteiger partial charge in [0.25, 0.3) is 0 Å². The minimum Gasteiger partial charge on any atom is -0.368 e. The van der Waals surface area contributed by atoms with E-state index in [-0.39, 0.29) is 18.5 Å². The summed E-state index contributed by atoms with van der Waals surface area (Å²) in [5, 5.41) is 4.86. The maximum Gasteiger partial charge on any atom is 0.309 e. The highest BCUT2D eigenvalue weighted by molar-refractivity contribution is 6.35. The molecule has 1 saturated heterocycles. The molecule has 0 atom stereocenters. The minimum absolute atomic E-state index is 0.120. The normalized spacial score (nSPS) is 14.5. The summed E-state index contributed by atoms with van der Waals surface area (Å²) in [7, 11) is 0. The van der Waals surface area contributed by atoms with Gasteiger partial charge in [-0.2, -0.15) is 0 Å².